The molecule has 0 saturated heterocycles. The Labute approximate surface area is 153 Å². The highest BCUT2D eigenvalue weighted by molar-refractivity contribution is 5.96. The molecule has 3 N–H and O–H groups in total. The summed E-state index contributed by atoms with van der Waals surface area (Å²) < 4.78 is 0. The number of carbonyl (C=O) groups is 1. The third kappa shape index (κ3) is 8.15. The van der Waals surface area contributed by atoms with Crippen molar-refractivity contribution in [3.8, 4) is 0 Å². The quantitative estimate of drug-likeness (QED) is 0.356. The fourth-order valence-electron chi connectivity index (χ4n) is 3.85. The largest absolute Gasteiger partial charge is 0.376 e. The second kappa shape index (κ2) is 10.1. The van der Waals surface area contributed by atoms with Gasteiger partial charge in [0.15, 0.2) is 5.78 Å². The monoisotopic (exact) mass is 345 g/mol. The van der Waals surface area contributed by atoms with Crippen LogP contribution in [0.1, 0.15) is 93.5 Å². The number of Topliss-reactive ketones (excluding diaryl/α,β-unsaturated/α-hetero) is 1. The van der Waals surface area contributed by atoms with Gasteiger partial charge in [-0.3, -0.25) is 4.79 Å². The molecular formula is C22H35NO2. The number of aryl methyl sites for hydroxylation is 1. The Morgan fingerprint density at radius 2 is 1.80 bits per heavy atom. The molecule has 2 rings (SSSR count). The molecule has 0 aliphatic heterocycles. The SMILES string of the molecule is CC(N)(O)CCCc1ccc(C(=O)CCCCC2CCCCC2)cc1. The number of hydrogen-bond donors (Lipinski definition) is 2. The molecule has 1 aliphatic carbocycles. The average Bonchev–Trinajstić information content (AvgIpc) is 2.59. The molecule has 1 aromatic rings. The van der Waals surface area contributed by atoms with Crippen molar-refractivity contribution in [2.24, 2.45) is 11.7 Å². The van der Waals surface area contributed by atoms with Gasteiger partial charge in [-0.25, -0.2) is 0 Å². The van der Waals surface area contributed by atoms with E-state index in [2.05, 4.69) is 0 Å². The first-order valence-corrected chi connectivity index (χ1v) is 10.1. The van der Waals surface area contributed by atoms with Gasteiger partial charge in [-0.1, -0.05) is 69.2 Å². The minimum absolute atomic E-state index is 0.264. The lowest BCUT2D eigenvalue weighted by atomic mass is 9.85. The van der Waals surface area contributed by atoms with E-state index in [1.165, 1.54) is 50.5 Å². The first kappa shape index (κ1) is 20.1. The standard InChI is InChI=1S/C22H35NO2/c1-22(23,25)17-7-11-19-13-15-20(16-14-19)21(24)12-6-5-10-18-8-3-2-4-9-18/h13-16,18,25H,2-12,17,23H2,1H3. The first-order valence-electron chi connectivity index (χ1n) is 10.1. The molecule has 1 unspecified atom stereocenters. The van der Waals surface area contributed by atoms with Crippen LogP contribution < -0.4 is 5.73 Å². The van der Waals surface area contributed by atoms with Crippen LogP contribution in [-0.2, 0) is 6.42 Å². The van der Waals surface area contributed by atoms with Crippen molar-refractivity contribution in [3.63, 3.8) is 0 Å². The molecule has 0 aromatic heterocycles. The van der Waals surface area contributed by atoms with Crippen LogP contribution in [0.5, 0.6) is 0 Å². The van der Waals surface area contributed by atoms with E-state index in [1.807, 2.05) is 24.3 Å². The molecule has 1 atom stereocenters. The molecule has 1 aromatic carbocycles. The van der Waals surface area contributed by atoms with Gasteiger partial charge in [-0.2, -0.15) is 0 Å². The molecule has 0 spiro atoms. The van der Waals surface area contributed by atoms with Crippen LogP contribution in [0.15, 0.2) is 24.3 Å². The number of unbranched alkanes of at least 4 members (excludes halogenated alkanes) is 1. The molecule has 3 heteroatoms. The lowest BCUT2D eigenvalue weighted by Crippen LogP contribution is -2.35. The summed E-state index contributed by atoms with van der Waals surface area (Å²) >= 11 is 0. The lowest BCUT2D eigenvalue weighted by molar-refractivity contribution is 0.0559. The van der Waals surface area contributed by atoms with Crippen molar-refractivity contribution in [2.45, 2.75) is 89.7 Å². The summed E-state index contributed by atoms with van der Waals surface area (Å²) in [6.07, 6.45) is 13.5. The summed E-state index contributed by atoms with van der Waals surface area (Å²) in [5, 5.41) is 9.53. The van der Waals surface area contributed by atoms with Crippen molar-refractivity contribution in [1.29, 1.82) is 0 Å². The van der Waals surface area contributed by atoms with Crippen LogP contribution in [0, 0.1) is 5.92 Å². The Balaban J connectivity index is 1.65. The van der Waals surface area contributed by atoms with Gasteiger partial charge < -0.3 is 10.8 Å². The fourth-order valence-corrected chi connectivity index (χ4v) is 3.85. The summed E-state index contributed by atoms with van der Waals surface area (Å²) in [6.45, 7) is 1.63. The van der Waals surface area contributed by atoms with E-state index in [0.717, 1.165) is 30.7 Å². The maximum absolute atomic E-state index is 12.3. The van der Waals surface area contributed by atoms with Crippen LogP contribution >= 0.6 is 0 Å². The van der Waals surface area contributed by atoms with E-state index < -0.39 is 5.72 Å². The van der Waals surface area contributed by atoms with Gasteiger partial charge in [-0.05, 0) is 44.1 Å². The van der Waals surface area contributed by atoms with Crippen LogP contribution in [0.4, 0.5) is 0 Å². The maximum atomic E-state index is 12.3. The highest BCUT2D eigenvalue weighted by Crippen LogP contribution is 2.28. The molecule has 140 valence electrons. The third-order valence-corrected chi connectivity index (χ3v) is 5.42. The zero-order chi connectivity index (χ0) is 18.1. The van der Waals surface area contributed by atoms with E-state index in [-0.39, 0.29) is 5.78 Å². The lowest BCUT2D eigenvalue weighted by Gasteiger charge is -2.21. The van der Waals surface area contributed by atoms with E-state index in [0.29, 0.717) is 12.8 Å². The molecule has 1 aliphatic rings. The van der Waals surface area contributed by atoms with Crippen molar-refractivity contribution >= 4 is 5.78 Å². The molecule has 1 fully saturated rings. The molecular weight excluding hydrogens is 310 g/mol. The van der Waals surface area contributed by atoms with Gasteiger partial charge in [0.25, 0.3) is 0 Å². The number of carbonyl (C=O) groups excluding carboxylic acids is 1. The second-order valence-corrected chi connectivity index (χ2v) is 8.08. The predicted molar refractivity (Wildman–Crippen MR) is 104 cm³/mol. The van der Waals surface area contributed by atoms with Gasteiger partial charge in [0.1, 0.15) is 5.72 Å². The predicted octanol–water partition coefficient (Wildman–Crippen LogP) is 5.00. The number of hydrogen-bond acceptors (Lipinski definition) is 3. The van der Waals surface area contributed by atoms with E-state index in [4.69, 9.17) is 5.73 Å². The van der Waals surface area contributed by atoms with Crippen molar-refractivity contribution < 1.29 is 9.90 Å². The zero-order valence-corrected chi connectivity index (χ0v) is 15.8. The minimum atomic E-state index is -1.09. The summed E-state index contributed by atoms with van der Waals surface area (Å²) in [5.74, 6) is 1.18. The number of ketones is 1. The maximum Gasteiger partial charge on any atom is 0.162 e. The van der Waals surface area contributed by atoms with Crippen molar-refractivity contribution in [2.75, 3.05) is 0 Å². The van der Waals surface area contributed by atoms with Crippen LogP contribution in [0.3, 0.4) is 0 Å². The van der Waals surface area contributed by atoms with E-state index >= 15 is 0 Å². The molecule has 0 bridgehead atoms. The average molecular weight is 346 g/mol. The highest BCUT2D eigenvalue weighted by Gasteiger charge is 2.14. The van der Waals surface area contributed by atoms with Crippen molar-refractivity contribution in [3.05, 3.63) is 35.4 Å². The molecule has 0 amide bonds. The van der Waals surface area contributed by atoms with Gasteiger partial charge in [0.2, 0.25) is 0 Å². The van der Waals surface area contributed by atoms with Gasteiger partial charge in [0.05, 0.1) is 0 Å². The Morgan fingerprint density at radius 3 is 2.44 bits per heavy atom. The summed E-state index contributed by atoms with van der Waals surface area (Å²) in [4.78, 5) is 12.3. The van der Waals surface area contributed by atoms with Crippen LogP contribution in [-0.4, -0.2) is 16.6 Å². The topological polar surface area (TPSA) is 63.3 Å². The van der Waals surface area contributed by atoms with Crippen LogP contribution in [0.25, 0.3) is 0 Å². The van der Waals surface area contributed by atoms with E-state index in [9.17, 15) is 9.90 Å². The van der Waals surface area contributed by atoms with Gasteiger partial charge >= 0.3 is 0 Å². The second-order valence-electron chi connectivity index (χ2n) is 8.08. The summed E-state index contributed by atoms with van der Waals surface area (Å²) in [7, 11) is 0. The summed E-state index contributed by atoms with van der Waals surface area (Å²) in [6, 6.07) is 7.94. The van der Waals surface area contributed by atoms with Crippen molar-refractivity contribution in [1.82, 2.24) is 0 Å². The number of benzene rings is 1. The fraction of sp³-hybridized carbons (Fsp3) is 0.682. The molecule has 25 heavy (non-hydrogen) atoms. The molecule has 0 heterocycles. The molecule has 1 saturated carbocycles. The van der Waals surface area contributed by atoms with Crippen LogP contribution in [0.2, 0.25) is 0 Å². The third-order valence-electron chi connectivity index (χ3n) is 5.42. The zero-order valence-electron chi connectivity index (χ0n) is 15.8. The number of nitrogens with two attached hydrogens (primary N) is 1. The minimum Gasteiger partial charge on any atom is -0.376 e. The first-order chi connectivity index (χ1) is 11.9. The molecule has 0 radical (unpaired) electrons. The normalized spacial score (nSPS) is 18.0. The van der Waals surface area contributed by atoms with Gasteiger partial charge in [-0.15, -0.1) is 0 Å². The highest BCUT2D eigenvalue weighted by atomic mass is 16.3. The Bertz CT molecular complexity index is 510. The smallest absolute Gasteiger partial charge is 0.162 e. The number of aliphatic hydroxyl groups is 1. The Kier molecular flexibility index (Phi) is 8.11. The Hall–Kier alpha value is -1.19. The summed E-state index contributed by atoms with van der Waals surface area (Å²) in [5.41, 5.74) is 6.51. The Morgan fingerprint density at radius 1 is 1.12 bits per heavy atom. The number of rotatable bonds is 10. The van der Waals surface area contributed by atoms with Gasteiger partial charge in [0, 0.05) is 12.0 Å². The molecule has 3 nitrogen and oxygen atoms in total. The van der Waals surface area contributed by atoms with E-state index in [1.54, 1.807) is 6.92 Å².